The third-order valence-electron chi connectivity index (χ3n) is 5.66. The summed E-state index contributed by atoms with van der Waals surface area (Å²) < 4.78 is 20.1. The Balaban J connectivity index is -0.000000127. The fraction of sp³-hybridized carbons (Fsp3) is 0.714. The number of aromatic nitrogens is 4. The maximum Gasteiger partial charge on any atom is 1.00 e. The van der Waals surface area contributed by atoms with Gasteiger partial charge in [-0.2, -0.15) is 16.6 Å². The van der Waals surface area contributed by atoms with Gasteiger partial charge < -0.3 is 32.4 Å². The minimum absolute atomic E-state index is 0. The minimum Gasteiger partial charge on any atom is -1.00 e. The van der Waals surface area contributed by atoms with Crippen molar-refractivity contribution in [1.82, 2.24) is 19.6 Å². The number of alkyl halides is 1. The minimum atomic E-state index is -1.43. The van der Waals surface area contributed by atoms with Crippen LogP contribution in [0.2, 0.25) is 0 Å². The van der Waals surface area contributed by atoms with Crippen molar-refractivity contribution < 1.29 is 73.9 Å². The standard InChI is InChI=1S/C12H27BO3.C6H11BN2O2.C6H10N2.C4H5N.C4H9.C3H7Br.Li.Na.H/c1-4-7-10-14-13(15-11-8-5-2)16-12-9-6-3;1-5(2)9-6(7(10)11)3-4-8-9;1-6(2)8-5-3-4-7-8;1-2-4-5-3-1;1-3-4-2;1-3(2)4;;;/h4-12H2,1-3H3;3-5,10-11H,1-2H3;3-6H,1-2H3;1-3H,4H2;1,3-4H2,2H3;3H,1-2H3;;;/q;;;;-1;;2*+1;-1. The largest absolute Gasteiger partial charge is 1.00 e. The predicted octanol–water partition coefficient (Wildman–Crippen LogP) is 2.19. The van der Waals surface area contributed by atoms with Crippen LogP contribution < -0.4 is 54.0 Å². The van der Waals surface area contributed by atoms with Crippen molar-refractivity contribution in [3.8, 4) is 0 Å². The molecule has 15 heteroatoms. The molecule has 3 rings (SSSR count). The predicted molar refractivity (Wildman–Crippen MR) is 211 cm³/mol. The summed E-state index contributed by atoms with van der Waals surface area (Å²) in [5.41, 5.74) is 0.431. The molecule has 2 aromatic heterocycles. The quantitative estimate of drug-likeness (QED) is 0.117. The van der Waals surface area contributed by atoms with Gasteiger partial charge in [0.15, 0.2) is 0 Å². The topological polar surface area (TPSA) is 116 Å². The molecule has 280 valence electrons. The maximum absolute atomic E-state index is 8.84. The number of rotatable bonds is 16. The zero-order chi connectivity index (χ0) is 37.0. The average Bonchev–Trinajstić information content (AvgIpc) is 3.86. The molecule has 0 amide bonds. The van der Waals surface area contributed by atoms with E-state index in [4.69, 9.17) is 24.0 Å². The van der Waals surface area contributed by atoms with Gasteiger partial charge in [-0.1, -0.05) is 89.2 Å². The molecular formula is C35H70B2BrLiN5NaO5. The molecule has 1 aliphatic heterocycles. The van der Waals surface area contributed by atoms with Crippen LogP contribution >= 0.6 is 15.9 Å². The number of aliphatic imine (C=N–C) groups is 1. The molecule has 50 heavy (non-hydrogen) atoms. The summed E-state index contributed by atoms with van der Waals surface area (Å²) in [5, 5.41) is 25.6. The first-order chi connectivity index (χ1) is 22.9. The molecule has 0 radical (unpaired) electrons. The summed E-state index contributed by atoms with van der Waals surface area (Å²) in [6.45, 7) is 27.5. The summed E-state index contributed by atoms with van der Waals surface area (Å²) in [7, 11) is -1.88. The smallest absolute Gasteiger partial charge is 1.00 e. The molecule has 10 nitrogen and oxygen atoms in total. The van der Waals surface area contributed by atoms with E-state index in [1.165, 1.54) is 6.42 Å². The number of hydrogen-bond donors (Lipinski definition) is 2. The first kappa shape index (κ1) is 59.1. The van der Waals surface area contributed by atoms with Gasteiger partial charge >= 0.3 is 62.9 Å². The van der Waals surface area contributed by atoms with Crippen molar-refractivity contribution in [3.63, 3.8) is 0 Å². The third-order valence-corrected chi connectivity index (χ3v) is 5.66. The molecular weight excluding hydrogens is 702 g/mol. The Morgan fingerprint density at radius 1 is 0.860 bits per heavy atom. The van der Waals surface area contributed by atoms with E-state index in [0.29, 0.717) is 16.5 Å². The summed E-state index contributed by atoms with van der Waals surface area (Å²) in [6, 6.07) is 4.16. The number of unbranched alkanes of at least 4 members (excludes halogenated alkanes) is 4. The first-order valence-corrected chi connectivity index (χ1v) is 18.7. The molecule has 0 saturated heterocycles. The van der Waals surface area contributed by atoms with Crippen LogP contribution in [0.3, 0.4) is 0 Å². The Labute approximate surface area is 351 Å². The van der Waals surface area contributed by atoms with Gasteiger partial charge in [0.1, 0.15) is 0 Å². The molecule has 2 aromatic rings. The van der Waals surface area contributed by atoms with Crippen molar-refractivity contribution in [2.24, 2.45) is 4.99 Å². The number of hydrogen-bond acceptors (Lipinski definition) is 8. The first-order valence-electron chi connectivity index (χ1n) is 17.7. The van der Waals surface area contributed by atoms with E-state index in [9.17, 15) is 0 Å². The fourth-order valence-corrected chi connectivity index (χ4v) is 2.97. The molecule has 0 aliphatic carbocycles. The molecule has 0 saturated carbocycles. The third kappa shape index (κ3) is 42.3. The Bertz CT molecular complexity index is 906. The number of nitrogens with zero attached hydrogens (tertiary/aromatic N) is 5. The van der Waals surface area contributed by atoms with Crippen LogP contribution in [0.4, 0.5) is 0 Å². The normalized spacial score (nSPS) is 10.5. The molecule has 2 N–H and O–H groups in total. The second kappa shape index (κ2) is 45.0. The Morgan fingerprint density at radius 3 is 1.56 bits per heavy atom. The van der Waals surface area contributed by atoms with Gasteiger partial charge in [0.2, 0.25) is 0 Å². The van der Waals surface area contributed by atoms with Crippen LogP contribution in [0.1, 0.15) is 134 Å². The van der Waals surface area contributed by atoms with E-state index in [2.05, 4.69) is 93.4 Å². The van der Waals surface area contributed by atoms with E-state index in [0.717, 1.165) is 71.3 Å². The number of halogens is 1. The van der Waals surface area contributed by atoms with Crippen LogP contribution in [0.25, 0.3) is 0 Å². The van der Waals surface area contributed by atoms with Gasteiger partial charge in [-0.3, -0.25) is 14.4 Å². The van der Waals surface area contributed by atoms with Crippen molar-refractivity contribution in [2.45, 2.75) is 138 Å². The van der Waals surface area contributed by atoms with Gasteiger partial charge in [0.05, 0.1) is 12.1 Å². The number of allylic oxidation sites excluding steroid dienone is 1. The molecule has 0 fully saturated rings. The molecule has 0 unspecified atom stereocenters. The van der Waals surface area contributed by atoms with Crippen molar-refractivity contribution in [3.05, 3.63) is 49.8 Å². The van der Waals surface area contributed by atoms with Crippen molar-refractivity contribution in [2.75, 3.05) is 26.4 Å². The zero-order valence-corrected chi connectivity index (χ0v) is 37.5. The fourth-order valence-electron chi connectivity index (χ4n) is 2.97. The summed E-state index contributed by atoms with van der Waals surface area (Å²) in [6.07, 6.45) is 19.9. The Hall–Kier alpha value is -0.163. The SMILES string of the molecule is C1=CCN=C1.CC(C)Br.CC(C)n1cccn1.CC(C)n1nccc1B(O)O.CCCCOB(OCCCC)OCCCC.[CH2-]CCC.[H-].[Li+].[Na+]. The summed E-state index contributed by atoms with van der Waals surface area (Å²) in [4.78, 5) is 4.49. The van der Waals surface area contributed by atoms with E-state index < -0.39 is 14.4 Å². The summed E-state index contributed by atoms with van der Waals surface area (Å²) >= 11 is 3.27. The second-order valence-electron chi connectivity index (χ2n) is 11.5. The van der Waals surface area contributed by atoms with E-state index in [1.54, 1.807) is 29.4 Å². The van der Waals surface area contributed by atoms with Gasteiger partial charge in [-0.25, -0.2) is 0 Å². The van der Waals surface area contributed by atoms with Crippen molar-refractivity contribution >= 4 is 42.2 Å². The van der Waals surface area contributed by atoms with E-state index in [1.807, 2.05) is 42.9 Å². The maximum atomic E-state index is 8.84. The van der Waals surface area contributed by atoms with Crippen molar-refractivity contribution in [1.29, 1.82) is 0 Å². The molecule has 0 spiro atoms. The van der Waals surface area contributed by atoms with Gasteiger partial charge in [0.25, 0.3) is 0 Å². The second-order valence-corrected chi connectivity index (χ2v) is 13.4. The Kier molecular flexibility index (Phi) is 53.2. The summed E-state index contributed by atoms with van der Waals surface area (Å²) in [5.74, 6) is 0. The van der Waals surface area contributed by atoms with Gasteiger partial charge in [-0.05, 0) is 65.2 Å². The van der Waals surface area contributed by atoms with Crippen LogP contribution in [-0.2, 0) is 14.0 Å². The zero-order valence-electron chi connectivity index (χ0n) is 34.9. The van der Waals surface area contributed by atoms with Crippen LogP contribution in [0.5, 0.6) is 0 Å². The Morgan fingerprint density at radius 2 is 1.34 bits per heavy atom. The molecule has 0 atom stereocenters. The molecule has 3 heterocycles. The van der Waals surface area contributed by atoms with Gasteiger partial charge in [-0.15, -0.1) is 0 Å². The molecule has 0 aromatic carbocycles. The van der Waals surface area contributed by atoms with E-state index >= 15 is 0 Å². The van der Waals surface area contributed by atoms with Crippen LogP contribution in [0.15, 0.2) is 47.9 Å². The van der Waals surface area contributed by atoms with E-state index in [-0.39, 0.29) is 55.9 Å². The van der Waals surface area contributed by atoms with Gasteiger partial charge in [0, 0.05) is 61.5 Å². The van der Waals surface area contributed by atoms with Crippen LogP contribution in [-0.4, -0.2) is 81.5 Å². The molecule has 0 bridgehead atoms. The molecule has 1 aliphatic rings. The average molecular weight is 772 g/mol. The van der Waals surface area contributed by atoms with Crippen LogP contribution in [0, 0.1) is 6.92 Å². The monoisotopic (exact) mass is 771 g/mol.